The van der Waals surface area contributed by atoms with Crippen LogP contribution in [0.1, 0.15) is 48.5 Å². The van der Waals surface area contributed by atoms with Crippen molar-refractivity contribution in [2.24, 2.45) is 0 Å². The van der Waals surface area contributed by atoms with E-state index in [0.717, 1.165) is 50.0 Å². The molecule has 0 saturated carbocycles. The second kappa shape index (κ2) is 8.52. The van der Waals surface area contributed by atoms with E-state index in [4.69, 9.17) is 0 Å². The van der Waals surface area contributed by atoms with Gasteiger partial charge in [0.2, 0.25) is 0 Å². The van der Waals surface area contributed by atoms with Gasteiger partial charge in [0.05, 0.1) is 0 Å². The first-order chi connectivity index (χ1) is 11.5. The number of carbonyl (C=O) groups is 2. The highest BCUT2D eigenvalue weighted by atomic mass is 16.2. The van der Waals surface area contributed by atoms with Gasteiger partial charge in [0, 0.05) is 30.4 Å². The number of urea groups is 1. The minimum atomic E-state index is -0.231. The largest absolute Gasteiger partial charge is 0.339 e. The van der Waals surface area contributed by atoms with Gasteiger partial charge in [0.25, 0.3) is 5.91 Å². The molecular formula is C19H27N3O2. The Bertz CT molecular complexity index is 607. The van der Waals surface area contributed by atoms with Crippen molar-refractivity contribution < 1.29 is 9.59 Å². The summed E-state index contributed by atoms with van der Waals surface area (Å²) in [5, 5.41) is 5.79. The van der Waals surface area contributed by atoms with Crippen molar-refractivity contribution in [3.05, 3.63) is 42.0 Å². The van der Waals surface area contributed by atoms with Gasteiger partial charge >= 0.3 is 6.03 Å². The molecule has 0 unspecified atom stereocenters. The van der Waals surface area contributed by atoms with E-state index in [1.165, 1.54) is 0 Å². The van der Waals surface area contributed by atoms with Crippen molar-refractivity contribution in [2.75, 3.05) is 18.4 Å². The molecule has 0 spiro atoms. The molecule has 1 aromatic carbocycles. The summed E-state index contributed by atoms with van der Waals surface area (Å²) in [5.74, 6) is 0.0728. The number of rotatable bonds is 6. The average Bonchev–Trinajstić information content (AvgIpc) is 3.10. The first-order valence-electron chi connectivity index (χ1n) is 8.63. The van der Waals surface area contributed by atoms with Gasteiger partial charge in [-0.2, -0.15) is 0 Å². The van der Waals surface area contributed by atoms with Crippen molar-refractivity contribution in [3.8, 4) is 0 Å². The summed E-state index contributed by atoms with van der Waals surface area (Å²) in [6, 6.07) is 5.28. The van der Waals surface area contributed by atoms with Crippen LogP contribution in [0.2, 0.25) is 0 Å². The third-order valence-electron chi connectivity index (χ3n) is 4.39. The Morgan fingerprint density at radius 2 is 2.04 bits per heavy atom. The molecule has 3 amide bonds. The summed E-state index contributed by atoms with van der Waals surface area (Å²) in [5.41, 5.74) is 2.28. The standard InChI is InChI=1S/C19H27N3O2/c1-4-8-16(5-2)20-19(24)21-17-10-9-15(13-14(17)3)18(23)22-11-6-7-12-22/h4,9-10,13,16H,1,5-8,11-12H2,2-3H3,(H2,20,21,24)/t16-/m0/s1. The smallest absolute Gasteiger partial charge is 0.319 e. The molecule has 1 aromatic rings. The Morgan fingerprint density at radius 3 is 2.62 bits per heavy atom. The van der Waals surface area contributed by atoms with Crippen LogP contribution in [0.4, 0.5) is 10.5 Å². The molecule has 0 radical (unpaired) electrons. The Labute approximate surface area is 144 Å². The summed E-state index contributed by atoms with van der Waals surface area (Å²) in [7, 11) is 0. The highest BCUT2D eigenvalue weighted by Crippen LogP contribution is 2.19. The molecule has 1 aliphatic rings. The fourth-order valence-electron chi connectivity index (χ4n) is 2.91. The van der Waals surface area contributed by atoms with Crippen molar-refractivity contribution in [2.45, 2.75) is 45.6 Å². The summed E-state index contributed by atoms with van der Waals surface area (Å²) >= 11 is 0. The lowest BCUT2D eigenvalue weighted by atomic mass is 10.1. The van der Waals surface area contributed by atoms with Crippen molar-refractivity contribution >= 4 is 17.6 Å². The van der Waals surface area contributed by atoms with Crippen LogP contribution in [0.3, 0.4) is 0 Å². The van der Waals surface area contributed by atoms with E-state index in [0.29, 0.717) is 5.56 Å². The second-order valence-electron chi connectivity index (χ2n) is 6.26. The normalized spacial score (nSPS) is 15.0. The average molecular weight is 329 g/mol. The minimum absolute atomic E-state index is 0.0728. The van der Waals surface area contributed by atoms with Crippen molar-refractivity contribution in [1.29, 1.82) is 0 Å². The molecule has 1 heterocycles. The molecule has 24 heavy (non-hydrogen) atoms. The predicted octanol–water partition coefficient (Wildman–Crippen LogP) is 3.71. The van der Waals surface area contributed by atoms with Crippen LogP contribution in [0.15, 0.2) is 30.9 Å². The first kappa shape index (κ1) is 18.0. The summed E-state index contributed by atoms with van der Waals surface area (Å²) < 4.78 is 0. The summed E-state index contributed by atoms with van der Waals surface area (Å²) in [6.07, 6.45) is 5.55. The molecule has 0 bridgehead atoms. The zero-order valence-corrected chi connectivity index (χ0v) is 14.6. The van der Waals surface area contributed by atoms with Crippen LogP contribution in [0.25, 0.3) is 0 Å². The van der Waals surface area contributed by atoms with E-state index in [9.17, 15) is 9.59 Å². The number of nitrogens with zero attached hydrogens (tertiary/aromatic N) is 1. The Morgan fingerprint density at radius 1 is 1.33 bits per heavy atom. The van der Waals surface area contributed by atoms with Gasteiger partial charge in [-0.3, -0.25) is 4.79 Å². The number of anilines is 1. The van der Waals surface area contributed by atoms with E-state index < -0.39 is 0 Å². The fraction of sp³-hybridized carbons (Fsp3) is 0.474. The van der Waals surface area contributed by atoms with Gasteiger partial charge in [-0.15, -0.1) is 6.58 Å². The predicted molar refractivity (Wildman–Crippen MR) is 97.4 cm³/mol. The Hall–Kier alpha value is -2.30. The van der Waals surface area contributed by atoms with Crippen LogP contribution in [0.5, 0.6) is 0 Å². The minimum Gasteiger partial charge on any atom is -0.339 e. The Balaban J connectivity index is 2.00. The molecule has 1 saturated heterocycles. The molecule has 1 fully saturated rings. The lowest BCUT2D eigenvalue weighted by Gasteiger charge is -2.18. The van der Waals surface area contributed by atoms with E-state index in [2.05, 4.69) is 17.2 Å². The van der Waals surface area contributed by atoms with Gasteiger partial charge in [0.15, 0.2) is 0 Å². The van der Waals surface area contributed by atoms with E-state index in [1.54, 1.807) is 18.2 Å². The van der Waals surface area contributed by atoms with Crippen LogP contribution < -0.4 is 10.6 Å². The molecule has 0 aliphatic carbocycles. The van der Waals surface area contributed by atoms with Gasteiger partial charge in [0.1, 0.15) is 0 Å². The fourth-order valence-corrected chi connectivity index (χ4v) is 2.91. The first-order valence-corrected chi connectivity index (χ1v) is 8.63. The zero-order valence-electron chi connectivity index (χ0n) is 14.6. The number of hydrogen-bond acceptors (Lipinski definition) is 2. The molecule has 5 heteroatoms. The lowest BCUT2D eigenvalue weighted by molar-refractivity contribution is 0.0792. The maximum absolute atomic E-state index is 12.4. The number of nitrogens with one attached hydrogen (secondary N) is 2. The summed E-state index contributed by atoms with van der Waals surface area (Å²) in [6.45, 7) is 9.30. The van der Waals surface area contributed by atoms with Gasteiger partial charge < -0.3 is 15.5 Å². The van der Waals surface area contributed by atoms with Crippen LogP contribution >= 0.6 is 0 Å². The van der Waals surface area contributed by atoms with Crippen molar-refractivity contribution in [3.63, 3.8) is 0 Å². The molecular weight excluding hydrogens is 302 g/mol. The van der Waals surface area contributed by atoms with E-state index in [1.807, 2.05) is 24.8 Å². The van der Waals surface area contributed by atoms with Gasteiger partial charge in [-0.1, -0.05) is 13.0 Å². The number of carbonyl (C=O) groups excluding carboxylic acids is 2. The maximum Gasteiger partial charge on any atom is 0.319 e. The molecule has 1 aliphatic heterocycles. The highest BCUT2D eigenvalue weighted by molar-refractivity contribution is 5.96. The molecule has 130 valence electrons. The number of hydrogen-bond donors (Lipinski definition) is 2. The monoisotopic (exact) mass is 329 g/mol. The third-order valence-corrected chi connectivity index (χ3v) is 4.39. The van der Waals surface area contributed by atoms with Gasteiger partial charge in [-0.25, -0.2) is 4.79 Å². The Kier molecular flexibility index (Phi) is 6.41. The maximum atomic E-state index is 12.4. The topological polar surface area (TPSA) is 61.4 Å². The van der Waals surface area contributed by atoms with Crippen LogP contribution in [-0.4, -0.2) is 36.0 Å². The molecule has 0 aromatic heterocycles. The molecule has 5 nitrogen and oxygen atoms in total. The van der Waals surface area contributed by atoms with Crippen LogP contribution in [-0.2, 0) is 0 Å². The highest BCUT2D eigenvalue weighted by Gasteiger charge is 2.20. The van der Waals surface area contributed by atoms with E-state index in [-0.39, 0.29) is 18.0 Å². The number of likely N-dealkylation sites (tertiary alicyclic amines) is 1. The zero-order chi connectivity index (χ0) is 17.5. The molecule has 1 atom stereocenters. The third kappa shape index (κ3) is 4.60. The number of amides is 3. The number of benzene rings is 1. The lowest BCUT2D eigenvalue weighted by Crippen LogP contribution is -2.37. The van der Waals surface area contributed by atoms with Gasteiger partial charge in [-0.05, 0) is 56.4 Å². The van der Waals surface area contributed by atoms with Crippen LogP contribution in [0, 0.1) is 6.92 Å². The SMILES string of the molecule is C=CC[C@H](CC)NC(=O)Nc1ccc(C(=O)N2CCCC2)cc1C. The number of aryl methyl sites for hydroxylation is 1. The summed E-state index contributed by atoms with van der Waals surface area (Å²) in [4.78, 5) is 26.4. The molecule has 2 rings (SSSR count). The quantitative estimate of drug-likeness (QED) is 0.782. The second-order valence-corrected chi connectivity index (χ2v) is 6.26. The van der Waals surface area contributed by atoms with E-state index >= 15 is 0 Å². The molecule has 2 N–H and O–H groups in total. The van der Waals surface area contributed by atoms with Crippen molar-refractivity contribution in [1.82, 2.24) is 10.2 Å².